The lowest BCUT2D eigenvalue weighted by Crippen LogP contribution is -2.49. The molecule has 23 heavy (non-hydrogen) atoms. The van der Waals surface area contributed by atoms with E-state index < -0.39 is 6.10 Å². The van der Waals surface area contributed by atoms with Crippen LogP contribution in [0.15, 0.2) is 24.3 Å². The molecular formula is C18H28N2O3. The normalized spacial score (nSPS) is 12.4. The van der Waals surface area contributed by atoms with Crippen LogP contribution >= 0.6 is 0 Å². The van der Waals surface area contributed by atoms with Crippen LogP contribution in [-0.4, -0.2) is 41.4 Å². The standard InChI is InChI=1S/C18H28N2O3/c1-7-20(12-16(21)19-18(4,5)6)17(22)14(3)23-15-10-8-13(2)9-11-15/h8-11,14H,7,12H2,1-6H3,(H,19,21). The van der Waals surface area contributed by atoms with Crippen molar-refractivity contribution in [3.63, 3.8) is 0 Å². The second kappa shape index (κ2) is 7.99. The summed E-state index contributed by atoms with van der Waals surface area (Å²) in [6.45, 7) is 11.8. The Hall–Kier alpha value is -2.04. The van der Waals surface area contributed by atoms with E-state index in [1.807, 2.05) is 58.9 Å². The van der Waals surface area contributed by atoms with E-state index in [2.05, 4.69) is 5.32 Å². The van der Waals surface area contributed by atoms with Gasteiger partial charge in [-0.25, -0.2) is 0 Å². The van der Waals surface area contributed by atoms with Crippen LogP contribution in [0.3, 0.4) is 0 Å². The van der Waals surface area contributed by atoms with Gasteiger partial charge in [0.25, 0.3) is 5.91 Å². The first-order chi connectivity index (χ1) is 10.6. The van der Waals surface area contributed by atoms with Crippen molar-refractivity contribution < 1.29 is 14.3 Å². The highest BCUT2D eigenvalue weighted by Gasteiger charge is 2.24. The Morgan fingerprint density at radius 3 is 2.26 bits per heavy atom. The minimum absolute atomic E-state index is 0.0359. The molecule has 2 amide bonds. The predicted molar refractivity (Wildman–Crippen MR) is 91.4 cm³/mol. The van der Waals surface area contributed by atoms with Crippen molar-refractivity contribution in [1.29, 1.82) is 0 Å². The largest absolute Gasteiger partial charge is 0.481 e. The lowest BCUT2D eigenvalue weighted by molar-refractivity contribution is -0.141. The van der Waals surface area contributed by atoms with Crippen LogP contribution in [0.1, 0.15) is 40.2 Å². The average molecular weight is 320 g/mol. The van der Waals surface area contributed by atoms with Crippen LogP contribution in [-0.2, 0) is 9.59 Å². The number of hydrogen-bond donors (Lipinski definition) is 1. The molecule has 5 heteroatoms. The van der Waals surface area contributed by atoms with Gasteiger partial charge in [0, 0.05) is 12.1 Å². The van der Waals surface area contributed by atoms with Gasteiger partial charge in [-0.1, -0.05) is 17.7 Å². The molecule has 0 aliphatic carbocycles. The molecule has 0 aliphatic rings. The van der Waals surface area contributed by atoms with Crippen LogP contribution in [0.5, 0.6) is 5.75 Å². The number of rotatable bonds is 6. The first-order valence-electron chi connectivity index (χ1n) is 7.95. The zero-order valence-corrected chi connectivity index (χ0v) is 15.0. The molecule has 0 saturated heterocycles. The van der Waals surface area contributed by atoms with Crippen molar-refractivity contribution in [3.05, 3.63) is 29.8 Å². The molecule has 0 bridgehead atoms. The fourth-order valence-electron chi connectivity index (χ4n) is 2.11. The van der Waals surface area contributed by atoms with Crippen LogP contribution < -0.4 is 10.1 Å². The van der Waals surface area contributed by atoms with Gasteiger partial charge in [-0.3, -0.25) is 9.59 Å². The van der Waals surface area contributed by atoms with E-state index in [-0.39, 0.29) is 23.9 Å². The molecular weight excluding hydrogens is 292 g/mol. The van der Waals surface area contributed by atoms with Crippen molar-refractivity contribution >= 4 is 11.8 Å². The molecule has 1 rings (SSSR count). The highest BCUT2D eigenvalue weighted by Crippen LogP contribution is 2.14. The number of amides is 2. The molecule has 1 aromatic carbocycles. The molecule has 0 aromatic heterocycles. The molecule has 5 nitrogen and oxygen atoms in total. The molecule has 0 saturated carbocycles. The number of carbonyl (C=O) groups excluding carboxylic acids is 2. The Morgan fingerprint density at radius 2 is 1.78 bits per heavy atom. The topological polar surface area (TPSA) is 58.6 Å². The van der Waals surface area contributed by atoms with Gasteiger partial charge < -0.3 is 15.0 Å². The summed E-state index contributed by atoms with van der Waals surface area (Å²) in [5.41, 5.74) is 0.814. The van der Waals surface area contributed by atoms with Gasteiger partial charge in [0.15, 0.2) is 6.10 Å². The Bertz CT molecular complexity index is 532. The average Bonchev–Trinajstić information content (AvgIpc) is 2.44. The summed E-state index contributed by atoms with van der Waals surface area (Å²) in [7, 11) is 0. The van der Waals surface area contributed by atoms with Crippen LogP contribution in [0, 0.1) is 6.92 Å². The van der Waals surface area contributed by atoms with Gasteiger partial charge in [-0.05, 0) is 53.7 Å². The number of carbonyl (C=O) groups is 2. The lowest BCUT2D eigenvalue weighted by Gasteiger charge is -2.27. The fourth-order valence-corrected chi connectivity index (χ4v) is 2.11. The number of hydrogen-bond acceptors (Lipinski definition) is 3. The summed E-state index contributed by atoms with van der Waals surface area (Å²) in [6, 6.07) is 7.53. The second-order valence-electron chi connectivity index (χ2n) is 6.72. The molecule has 0 aliphatic heterocycles. The van der Waals surface area contributed by atoms with E-state index in [0.717, 1.165) is 5.56 Å². The monoisotopic (exact) mass is 320 g/mol. The number of nitrogens with zero attached hydrogens (tertiary/aromatic N) is 1. The smallest absolute Gasteiger partial charge is 0.263 e. The number of benzene rings is 1. The molecule has 0 fully saturated rings. The SMILES string of the molecule is CCN(CC(=O)NC(C)(C)C)C(=O)C(C)Oc1ccc(C)cc1. The zero-order chi connectivity index (χ0) is 17.6. The Morgan fingerprint density at radius 1 is 1.22 bits per heavy atom. The van der Waals surface area contributed by atoms with Gasteiger partial charge in [0.2, 0.25) is 5.91 Å². The predicted octanol–water partition coefficient (Wildman–Crippen LogP) is 2.53. The van der Waals surface area contributed by atoms with E-state index in [9.17, 15) is 9.59 Å². The van der Waals surface area contributed by atoms with E-state index in [1.165, 1.54) is 4.90 Å². The van der Waals surface area contributed by atoms with Gasteiger partial charge in [-0.2, -0.15) is 0 Å². The van der Waals surface area contributed by atoms with Gasteiger partial charge in [0.1, 0.15) is 5.75 Å². The van der Waals surface area contributed by atoms with E-state index >= 15 is 0 Å². The van der Waals surface area contributed by atoms with Crippen LogP contribution in [0.25, 0.3) is 0 Å². The summed E-state index contributed by atoms with van der Waals surface area (Å²) >= 11 is 0. The molecule has 0 heterocycles. The first-order valence-corrected chi connectivity index (χ1v) is 7.95. The van der Waals surface area contributed by atoms with Crippen LogP contribution in [0.2, 0.25) is 0 Å². The Kier molecular flexibility index (Phi) is 6.61. The molecule has 0 radical (unpaired) electrons. The number of aryl methyl sites for hydroxylation is 1. The molecule has 1 N–H and O–H groups in total. The summed E-state index contributed by atoms with van der Waals surface area (Å²) in [5.74, 6) is 0.277. The highest BCUT2D eigenvalue weighted by atomic mass is 16.5. The van der Waals surface area contributed by atoms with Gasteiger partial charge in [0.05, 0.1) is 6.54 Å². The third-order valence-electron chi connectivity index (χ3n) is 3.22. The molecule has 1 aromatic rings. The summed E-state index contributed by atoms with van der Waals surface area (Å²) in [6.07, 6.45) is -0.639. The van der Waals surface area contributed by atoms with Gasteiger partial charge >= 0.3 is 0 Å². The summed E-state index contributed by atoms with van der Waals surface area (Å²) in [4.78, 5) is 26.0. The first kappa shape index (κ1) is 19.0. The lowest BCUT2D eigenvalue weighted by atomic mass is 10.1. The quantitative estimate of drug-likeness (QED) is 0.876. The van der Waals surface area contributed by atoms with E-state index in [1.54, 1.807) is 6.92 Å². The van der Waals surface area contributed by atoms with Crippen molar-refractivity contribution in [2.45, 2.75) is 53.2 Å². The number of nitrogens with one attached hydrogen (secondary N) is 1. The third-order valence-corrected chi connectivity index (χ3v) is 3.22. The van der Waals surface area contributed by atoms with Gasteiger partial charge in [-0.15, -0.1) is 0 Å². The van der Waals surface area contributed by atoms with Crippen molar-refractivity contribution in [2.75, 3.05) is 13.1 Å². The Balaban J connectivity index is 2.64. The number of likely N-dealkylation sites (N-methyl/N-ethyl adjacent to an activating group) is 1. The molecule has 1 atom stereocenters. The molecule has 0 spiro atoms. The number of ether oxygens (including phenoxy) is 1. The minimum Gasteiger partial charge on any atom is -0.481 e. The third kappa shape index (κ3) is 6.72. The Labute approximate surface area is 139 Å². The van der Waals surface area contributed by atoms with Crippen molar-refractivity contribution in [3.8, 4) is 5.75 Å². The van der Waals surface area contributed by atoms with Crippen LogP contribution in [0.4, 0.5) is 0 Å². The van der Waals surface area contributed by atoms with Crippen molar-refractivity contribution in [1.82, 2.24) is 10.2 Å². The highest BCUT2D eigenvalue weighted by molar-refractivity contribution is 5.87. The fraction of sp³-hybridized carbons (Fsp3) is 0.556. The second-order valence-corrected chi connectivity index (χ2v) is 6.72. The zero-order valence-electron chi connectivity index (χ0n) is 15.0. The van der Waals surface area contributed by atoms with E-state index in [4.69, 9.17) is 4.74 Å². The van der Waals surface area contributed by atoms with E-state index in [0.29, 0.717) is 12.3 Å². The summed E-state index contributed by atoms with van der Waals surface area (Å²) < 4.78 is 5.67. The summed E-state index contributed by atoms with van der Waals surface area (Å²) in [5, 5.41) is 2.86. The molecule has 128 valence electrons. The molecule has 1 unspecified atom stereocenters. The maximum atomic E-state index is 12.5. The maximum absolute atomic E-state index is 12.5. The minimum atomic E-state index is -0.639. The maximum Gasteiger partial charge on any atom is 0.263 e. The van der Waals surface area contributed by atoms with Crippen molar-refractivity contribution in [2.24, 2.45) is 0 Å².